The van der Waals surface area contributed by atoms with Crippen molar-refractivity contribution in [2.75, 3.05) is 11.9 Å². The van der Waals surface area contributed by atoms with Crippen LogP contribution in [0.3, 0.4) is 0 Å². The first-order valence-corrected chi connectivity index (χ1v) is 10.3. The summed E-state index contributed by atoms with van der Waals surface area (Å²) in [6.07, 6.45) is 0.283. The zero-order valence-electron chi connectivity index (χ0n) is 17.2. The summed E-state index contributed by atoms with van der Waals surface area (Å²) in [5.41, 5.74) is 0.953. The number of carbonyl (C=O) groups excluding carboxylic acids is 2. The Labute approximate surface area is 185 Å². The zero-order valence-corrected chi connectivity index (χ0v) is 18.8. The first-order chi connectivity index (χ1) is 14.1. The Morgan fingerprint density at radius 2 is 1.70 bits per heavy atom. The van der Waals surface area contributed by atoms with Gasteiger partial charge in [-0.2, -0.15) is 0 Å². The fraction of sp³-hybridized carbons (Fsp3) is 0.318. The molecule has 1 atom stereocenters. The van der Waals surface area contributed by atoms with Crippen molar-refractivity contribution in [3.05, 3.63) is 64.6 Å². The summed E-state index contributed by atoms with van der Waals surface area (Å²) in [5, 5.41) is 19.9. The number of urea groups is 1. The molecule has 0 radical (unpaired) electrons. The summed E-state index contributed by atoms with van der Waals surface area (Å²) in [6, 6.07) is 15.0. The molecule has 0 aliphatic rings. The highest BCUT2D eigenvalue weighted by Crippen LogP contribution is 2.14. The van der Waals surface area contributed by atoms with Crippen molar-refractivity contribution in [2.45, 2.75) is 38.8 Å². The van der Waals surface area contributed by atoms with E-state index in [0.717, 1.165) is 10.0 Å². The molecule has 0 aromatic heterocycles. The predicted molar refractivity (Wildman–Crippen MR) is 120 cm³/mol. The van der Waals surface area contributed by atoms with Crippen LogP contribution < -0.4 is 21.1 Å². The normalized spacial score (nSPS) is 12.7. The van der Waals surface area contributed by atoms with Crippen molar-refractivity contribution in [3.8, 4) is 0 Å². The summed E-state index contributed by atoms with van der Waals surface area (Å²) in [6.45, 7) is 5.19. The lowest BCUT2D eigenvalue weighted by molar-refractivity contribution is -0.218. The molecule has 2 aromatic rings. The molecule has 7 nitrogen and oxygen atoms in total. The number of rotatable bonds is 7. The average Bonchev–Trinajstić information content (AvgIpc) is 2.67. The lowest BCUT2D eigenvalue weighted by Gasteiger charge is -2.22. The molecular formula is C22H26BrN4O3-. The van der Waals surface area contributed by atoms with Crippen molar-refractivity contribution in [2.24, 2.45) is 4.99 Å². The van der Waals surface area contributed by atoms with Crippen molar-refractivity contribution >= 4 is 39.5 Å². The molecule has 30 heavy (non-hydrogen) atoms. The zero-order chi connectivity index (χ0) is 22.1. The van der Waals surface area contributed by atoms with Crippen LogP contribution in [0.15, 0.2) is 64.1 Å². The van der Waals surface area contributed by atoms with Crippen LogP contribution >= 0.6 is 15.9 Å². The van der Waals surface area contributed by atoms with Gasteiger partial charge in [-0.3, -0.25) is 9.79 Å². The second kappa shape index (κ2) is 10.8. The van der Waals surface area contributed by atoms with E-state index in [9.17, 15) is 14.7 Å². The summed E-state index contributed by atoms with van der Waals surface area (Å²) >= 11 is 3.34. The van der Waals surface area contributed by atoms with Gasteiger partial charge in [0.2, 0.25) is 5.91 Å². The molecule has 0 aliphatic carbocycles. The highest BCUT2D eigenvalue weighted by Gasteiger charge is 2.21. The Morgan fingerprint density at radius 1 is 1.07 bits per heavy atom. The molecule has 2 rings (SSSR count). The van der Waals surface area contributed by atoms with Gasteiger partial charge in [0, 0.05) is 23.1 Å². The van der Waals surface area contributed by atoms with Crippen LogP contribution in [0, 0.1) is 0 Å². The van der Waals surface area contributed by atoms with Gasteiger partial charge >= 0.3 is 6.03 Å². The number of hydrogen-bond donors (Lipinski definition) is 3. The second-order valence-corrected chi connectivity index (χ2v) is 8.66. The van der Waals surface area contributed by atoms with Crippen LogP contribution in [-0.4, -0.2) is 36.0 Å². The molecule has 0 saturated heterocycles. The van der Waals surface area contributed by atoms with Crippen LogP contribution in [0.4, 0.5) is 10.5 Å². The average molecular weight is 474 g/mol. The maximum absolute atomic E-state index is 12.7. The number of hydrogen-bond acceptors (Lipinski definition) is 4. The molecule has 3 amide bonds. The smallest absolute Gasteiger partial charge is 0.319 e. The lowest BCUT2D eigenvalue weighted by atomic mass is 10.1. The van der Waals surface area contributed by atoms with Crippen LogP contribution in [0.5, 0.6) is 0 Å². The highest BCUT2D eigenvalue weighted by molar-refractivity contribution is 9.10. The van der Waals surface area contributed by atoms with Gasteiger partial charge in [-0.1, -0.05) is 46.3 Å². The lowest BCUT2D eigenvalue weighted by Crippen LogP contribution is -2.51. The molecule has 0 spiro atoms. The van der Waals surface area contributed by atoms with E-state index < -0.39 is 29.4 Å². The molecule has 0 unspecified atom stereocenters. The number of halogens is 1. The molecule has 0 fully saturated rings. The second-order valence-electron chi connectivity index (χ2n) is 7.74. The SMILES string of the molecule is CC(C)(C)N=C([O-])CNC(=O)[C@H](Cc1ccccc1)NC(=O)Nc1ccc(Br)cc1. The fourth-order valence-corrected chi connectivity index (χ4v) is 2.88. The summed E-state index contributed by atoms with van der Waals surface area (Å²) < 4.78 is 0.889. The predicted octanol–water partition coefficient (Wildman–Crippen LogP) is 2.86. The Hall–Kier alpha value is -2.87. The van der Waals surface area contributed by atoms with E-state index in [4.69, 9.17) is 0 Å². The molecular weight excluding hydrogens is 448 g/mol. The molecule has 160 valence electrons. The maximum atomic E-state index is 12.7. The minimum atomic E-state index is -0.856. The fourth-order valence-electron chi connectivity index (χ4n) is 2.62. The molecule has 2 aromatic carbocycles. The number of nitrogens with zero attached hydrogens (tertiary/aromatic N) is 1. The van der Waals surface area contributed by atoms with Gasteiger partial charge in [0.1, 0.15) is 6.04 Å². The minimum absolute atomic E-state index is 0.225. The van der Waals surface area contributed by atoms with Gasteiger partial charge < -0.3 is 21.1 Å². The largest absolute Gasteiger partial charge is 0.861 e. The third kappa shape index (κ3) is 8.65. The highest BCUT2D eigenvalue weighted by atomic mass is 79.9. The van der Waals surface area contributed by atoms with E-state index in [1.165, 1.54) is 0 Å². The number of amides is 3. The first-order valence-electron chi connectivity index (χ1n) is 9.53. The molecule has 0 heterocycles. The Bertz CT molecular complexity index is 878. The van der Waals surface area contributed by atoms with Gasteiger partial charge in [-0.05, 0) is 56.5 Å². The molecule has 3 N–H and O–H groups in total. The van der Waals surface area contributed by atoms with E-state index >= 15 is 0 Å². The Balaban J connectivity index is 2.05. The van der Waals surface area contributed by atoms with Crippen molar-refractivity contribution in [3.63, 3.8) is 0 Å². The monoisotopic (exact) mass is 473 g/mol. The Morgan fingerprint density at radius 3 is 2.30 bits per heavy atom. The number of anilines is 1. The van der Waals surface area contributed by atoms with E-state index in [-0.39, 0.29) is 13.0 Å². The molecule has 0 aliphatic heterocycles. The number of nitrogens with one attached hydrogen (secondary N) is 3. The van der Waals surface area contributed by atoms with E-state index in [1.54, 1.807) is 45.0 Å². The van der Waals surface area contributed by atoms with Crippen LogP contribution in [0.2, 0.25) is 0 Å². The van der Waals surface area contributed by atoms with Crippen molar-refractivity contribution in [1.82, 2.24) is 10.6 Å². The van der Waals surface area contributed by atoms with Gasteiger partial charge in [0.15, 0.2) is 0 Å². The van der Waals surface area contributed by atoms with Crippen LogP contribution in [0.1, 0.15) is 26.3 Å². The standard InChI is InChI=1S/C22H27BrN4O3/c1-22(2,3)27-19(28)14-24-20(29)18(13-15-7-5-4-6-8-15)26-21(30)25-17-11-9-16(23)10-12-17/h4-12,18H,13-14H2,1-3H3,(H,24,29)(H,27,28)(H2,25,26,30)/p-1/t18-/m0/s1. The van der Waals surface area contributed by atoms with Crippen LogP contribution in [0.25, 0.3) is 0 Å². The van der Waals surface area contributed by atoms with Gasteiger partial charge in [-0.25, -0.2) is 4.79 Å². The first kappa shape index (κ1) is 23.4. The van der Waals surface area contributed by atoms with Crippen molar-refractivity contribution in [1.29, 1.82) is 0 Å². The van der Waals surface area contributed by atoms with E-state index in [1.807, 2.05) is 30.3 Å². The minimum Gasteiger partial charge on any atom is -0.861 e. The molecule has 0 saturated carbocycles. The summed E-state index contributed by atoms with van der Waals surface area (Å²) in [4.78, 5) is 29.1. The third-order valence-corrected chi connectivity index (χ3v) is 4.41. The molecule has 8 heteroatoms. The van der Waals surface area contributed by atoms with Crippen LogP contribution in [-0.2, 0) is 11.2 Å². The third-order valence-electron chi connectivity index (χ3n) is 3.88. The number of aliphatic imine (C=N–C) groups is 1. The summed E-state index contributed by atoms with van der Waals surface area (Å²) in [5.74, 6) is -0.879. The van der Waals surface area contributed by atoms with Crippen molar-refractivity contribution < 1.29 is 14.7 Å². The maximum Gasteiger partial charge on any atom is 0.319 e. The van der Waals surface area contributed by atoms with Gasteiger partial charge in [0.25, 0.3) is 0 Å². The van der Waals surface area contributed by atoms with Gasteiger partial charge in [-0.15, -0.1) is 0 Å². The topological polar surface area (TPSA) is 106 Å². The van der Waals surface area contributed by atoms with Gasteiger partial charge in [0.05, 0.1) is 5.54 Å². The van der Waals surface area contributed by atoms with E-state index in [2.05, 4.69) is 36.9 Å². The Kier molecular flexibility index (Phi) is 8.41. The quantitative estimate of drug-likeness (QED) is 0.425. The van der Waals surface area contributed by atoms with E-state index in [0.29, 0.717) is 5.69 Å². The number of benzene rings is 2. The molecule has 0 bridgehead atoms. The number of carbonyl (C=O) groups is 2. The summed E-state index contributed by atoms with van der Waals surface area (Å²) in [7, 11) is 0.